The Morgan fingerprint density at radius 3 is 2.59 bits per heavy atom. The molecule has 0 saturated heterocycles. The van der Waals surface area contributed by atoms with Crippen LogP contribution < -0.4 is 10.5 Å². The third-order valence-corrected chi connectivity index (χ3v) is 3.41. The van der Waals surface area contributed by atoms with Gasteiger partial charge in [-0.05, 0) is 68.9 Å². The van der Waals surface area contributed by atoms with Gasteiger partial charge in [0, 0.05) is 9.64 Å². The quantitative estimate of drug-likeness (QED) is 0.584. The first-order valence-corrected chi connectivity index (χ1v) is 6.61. The molecule has 0 amide bonds. The van der Waals surface area contributed by atoms with Crippen molar-refractivity contribution in [3.63, 3.8) is 0 Å². The summed E-state index contributed by atoms with van der Waals surface area (Å²) in [5.74, 6) is 0.557. The zero-order chi connectivity index (χ0) is 12.4. The Bertz CT molecular complexity index is 562. The fourth-order valence-electron chi connectivity index (χ4n) is 1.29. The Morgan fingerprint density at radius 2 is 1.88 bits per heavy atom. The number of nitrogens with two attached hydrogens (primary N) is 1. The lowest BCUT2D eigenvalue weighted by molar-refractivity contribution is 0.476. The van der Waals surface area contributed by atoms with Crippen molar-refractivity contribution in [1.29, 1.82) is 0 Å². The van der Waals surface area contributed by atoms with Crippen LogP contribution in [0.25, 0.3) is 0 Å². The van der Waals surface area contributed by atoms with E-state index in [1.54, 1.807) is 18.2 Å². The molecular formula is C12H8BrFINO. The summed E-state index contributed by atoms with van der Waals surface area (Å²) in [5.41, 5.74) is 6.34. The van der Waals surface area contributed by atoms with E-state index in [0.717, 1.165) is 3.57 Å². The molecule has 0 saturated carbocycles. The third-order valence-electron chi connectivity index (χ3n) is 2.08. The topological polar surface area (TPSA) is 35.2 Å². The minimum Gasteiger partial charge on any atom is -0.454 e. The highest BCUT2D eigenvalue weighted by atomic mass is 127. The lowest BCUT2D eigenvalue weighted by Crippen LogP contribution is -1.93. The fraction of sp³-hybridized carbons (Fsp3) is 0. The molecule has 2 aromatic carbocycles. The minimum absolute atomic E-state index is 0.354. The van der Waals surface area contributed by atoms with Crippen molar-refractivity contribution < 1.29 is 9.13 Å². The number of halogens is 3. The molecule has 0 aromatic heterocycles. The standard InChI is InChI=1S/C12H8BrFINO/c13-9-3-1-7(14)5-12(9)17-11-4-2-8(15)6-10(11)16/h1-6H,16H2. The number of ether oxygens (including phenoxy) is 1. The van der Waals surface area contributed by atoms with Crippen molar-refractivity contribution in [2.75, 3.05) is 5.73 Å². The molecule has 0 spiro atoms. The van der Waals surface area contributed by atoms with Crippen LogP contribution in [-0.4, -0.2) is 0 Å². The normalized spacial score (nSPS) is 10.3. The largest absolute Gasteiger partial charge is 0.454 e. The molecule has 0 aliphatic carbocycles. The SMILES string of the molecule is Nc1cc(I)ccc1Oc1cc(F)ccc1Br. The third kappa shape index (κ3) is 3.10. The molecule has 0 unspecified atom stereocenters. The summed E-state index contributed by atoms with van der Waals surface area (Å²) in [5, 5.41) is 0. The maximum absolute atomic E-state index is 13.1. The molecule has 2 N–H and O–H groups in total. The Balaban J connectivity index is 2.34. The predicted octanol–water partition coefficient (Wildman–Crippen LogP) is 4.57. The monoisotopic (exact) mass is 407 g/mol. The molecule has 0 fully saturated rings. The highest BCUT2D eigenvalue weighted by Crippen LogP contribution is 2.33. The first-order valence-electron chi connectivity index (χ1n) is 4.74. The Labute approximate surface area is 120 Å². The van der Waals surface area contributed by atoms with E-state index in [0.29, 0.717) is 21.7 Å². The van der Waals surface area contributed by atoms with Crippen molar-refractivity contribution in [2.24, 2.45) is 0 Å². The number of benzene rings is 2. The average Bonchev–Trinajstić information content (AvgIpc) is 2.27. The molecule has 0 radical (unpaired) electrons. The van der Waals surface area contributed by atoms with E-state index < -0.39 is 0 Å². The number of rotatable bonds is 2. The van der Waals surface area contributed by atoms with Crippen LogP contribution >= 0.6 is 38.5 Å². The lowest BCUT2D eigenvalue weighted by atomic mass is 10.3. The van der Waals surface area contributed by atoms with Crippen LogP contribution in [0.1, 0.15) is 0 Å². The molecule has 88 valence electrons. The Morgan fingerprint density at radius 1 is 1.12 bits per heavy atom. The molecule has 2 aromatic rings. The van der Waals surface area contributed by atoms with Gasteiger partial charge < -0.3 is 10.5 Å². The van der Waals surface area contributed by atoms with Crippen LogP contribution in [0.15, 0.2) is 40.9 Å². The summed E-state index contributed by atoms with van der Waals surface area (Å²) in [6.45, 7) is 0. The summed E-state index contributed by atoms with van der Waals surface area (Å²) in [6, 6.07) is 9.68. The first-order chi connectivity index (χ1) is 8.06. The van der Waals surface area contributed by atoms with Gasteiger partial charge in [0.1, 0.15) is 17.3 Å². The Kier molecular flexibility index (Phi) is 3.88. The zero-order valence-corrected chi connectivity index (χ0v) is 12.3. The zero-order valence-electron chi connectivity index (χ0n) is 8.58. The van der Waals surface area contributed by atoms with E-state index in [4.69, 9.17) is 10.5 Å². The summed E-state index contributed by atoms with van der Waals surface area (Å²) in [7, 11) is 0. The highest BCUT2D eigenvalue weighted by Gasteiger charge is 2.07. The van der Waals surface area contributed by atoms with Crippen LogP contribution in [0.4, 0.5) is 10.1 Å². The van der Waals surface area contributed by atoms with Crippen LogP contribution in [0.2, 0.25) is 0 Å². The van der Waals surface area contributed by atoms with Crippen LogP contribution in [0.5, 0.6) is 11.5 Å². The van der Waals surface area contributed by atoms with Crippen LogP contribution in [0, 0.1) is 9.39 Å². The molecule has 0 bridgehead atoms. The molecule has 0 heterocycles. The highest BCUT2D eigenvalue weighted by molar-refractivity contribution is 14.1. The van der Waals surface area contributed by atoms with E-state index >= 15 is 0 Å². The van der Waals surface area contributed by atoms with E-state index in [1.807, 2.05) is 6.07 Å². The lowest BCUT2D eigenvalue weighted by Gasteiger charge is -2.10. The molecule has 2 nitrogen and oxygen atoms in total. The molecule has 0 aliphatic heterocycles. The van der Waals surface area contributed by atoms with Gasteiger partial charge in [0.05, 0.1) is 10.2 Å². The van der Waals surface area contributed by atoms with Gasteiger partial charge in [-0.25, -0.2) is 4.39 Å². The van der Waals surface area contributed by atoms with Crippen molar-refractivity contribution in [3.8, 4) is 11.5 Å². The molecule has 2 rings (SSSR count). The van der Waals surface area contributed by atoms with Gasteiger partial charge in [0.25, 0.3) is 0 Å². The van der Waals surface area contributed by atoms with Crippen molar-refractivity contribution in [1.82, 2.24) is 0 Å². The van der Waals surface area contributed by atoms with Gasteiger partial charge in [0.15, 0.2) is 0 Å². The Hall–Kier alpha value is -0.820. The minimum atomic E-state index is -0.354. The van der Waals surface area contributed by atoms with Crippen LogP contribution in [0.3, 0.4) is 0 Å². The second-order valence-electron chi connectivity index (χ2n) is 3.36. The van der Waals surface area contributed by atoms with E-state index in [-0.39, 0.29) is 5.82 Å². The summed E-state index contributed by atoms with van der Waals surface area (Å²) in [6.07, 6.45) is 0. The van der Waals surface area contributed by atoms with Crippen LogP contribution in [-0.2, 0) is 0 Å². The second kappa shape index (κ2) is 5.22. The summed E-state index contributed by atoms with van der Waals surface area (Å²) < 4.78 is 20.3. The molecule has 17 heavy (non-hydrogen) atoms. The second-order valence-corrected chi connectivity index (χ2v) is 5.46. The van der Waals surface area contributed by atoms with E-state index in [2.05, 4.69) is 38.5 Å². The van der Waals surface area contributed by atoms with Gasteiger partial charge >= 0.3 is 0 Å². The summed E-state index contributed by atoms with van der Waals surface area (Å²) in [4.78, 5) is 0. The molecule has 0 atom stereocenters. The van der Waals surface area contributed by atoms with Crippen molar-refractivity contribution in [3.05, 3.63) is 50.3 Å². The molecular weight excluding hydrogens is 400 g/mol. The van der Waals surface area contributed by atoms with Gasteiger partial charge in [-0.3, -0.25) is 0 Å². The fourth-order valence-corrected chi connectivity index (χ4v) is 2.13. The smallest absolute Gasteiger partial charge is 0.150 e. The number of hydrogen-bond acceptors (Lipinski definition) is 2. The van der Waals surface area contributed by atoms with Gasteiger partial charge in [-0.15, -0.1) is 0 Å². The van der Waals surface area contributed by atoms with Gasteiger partial charge in [-0.2, -0.15) is 0 Å². The van der Waals surface area contributed by atoms with Crippen molar-refractivity contribution in [2.45, 2.75) is 0 Å². The maximum atomic E-state index is 13.1. The summed E-state index contributed by atoms with van der Waals surface area (Å²) >= 11 is 5.45. The number of anilines is 1. The molecule has 5 heteroatoms. The first kappa shape index (κ1) is 12.6. The predicted molar refractivity (Wildman–Crippen MR) is 77.7 cm³/mol. The number of nitrogen functional groups attached to an aromatic ring is 1. The average molecular weight is 408 g/mol. The molecule has 0 aliphatic rings. The van der Waals surface area contributed by atoms with E-state index in [1.165, 1.54) is 12.1 Å². The van der Waals surface area contributed by atoms with E-state index in [9.17, 15) is 4.39 Å². The van der Waals surface area contributed by atoms with Gasteiger partial charge in [0.2, 0.25) is 0 Å². The number of hydrogen-bond donors (Lipinski definition) is 1. The van der Waals surface area contributed by atoms with Crippen molar-refractivity contribution >= 4 is 44.2 Å². The maximum Gasteiger partial charge on any atom is 0.150 e. The van der Waals surface area contributed by atoms with Gasteiger partial charge in [-0.1, -0.05) is 0 Å².